The molecule has 3 amide bonds. The van der Waals surface area contributed by atoms with Crippen molar-refractivity contribution in [2.75, 3.05) is 18.4 Å². The van der Waals surface area contributed by atoms with E-state index in [9.17, 15) is 22.8 Å². The molecule has 1 heterocycles. The molecule has 0 unspecified atom stereocenters. The van der Waals surface area contributed by atoms with E-state index in [-0.39, 0.29) is 23.6 Å². The van der Waals surface area contributed by atoms with E-state index in [4.69, 9.17) is 0 Å². The maximum absolute atomic E-state index is 12.4. The standard InChI is InChI=1S/C19H26F3N3O3/c1-3-13(4-2)17(26)25-10-8-14(9-11-25)23-18(27)24-15-6-5-7-16(12-15)28-19(20,21)22/h5-7,12-14H,3-4,8-11H2,1-2H3,(H2,23,24,27). The Morgan fingerprint density at radius 2 is 1.86 bits per heavy atom. The Labute approximate surface area is 162 Å². The molecule has 0 bridgehead atoms. The first-order valence-corrected chi connectivity index (χ1v) is 9.44. The molecular formula is C19H26F3N3O3. The molecule has 0 aromatic heterocycles. The summed E-state index contributed by atoms with van der Waals surface area (Å²) in [6, 6.07) is 4.49. The Hall–Kier alpha value is -2.45. The van der Waals surface area contributed by atoms with Crippen LogP contribution in [0.4, 0.5) is 23.7 Å². The molecule has 0 spiro atoms. The predicted molar refractivity (Wildman–Crippen MR) is 99.0 cm³/mol. The zero-order valence-corrected chi connectivity index (χ0v) is 16.0. The Balaban J connectivity index is 1.82. The summed E-state index contributed by atoms with van der Waals surface area (Å²) < 4.78 is 40.7. The van der Waals surface area contributed by atoms with Crippen molar-refractivity contribution in [3.63, 3.8) is 0 Å². The number of rotatable bonds is 6. The minimum Gasteiger partial charge on any atom is -0.406 e. The molecular weight excluding hydrogens is 375 g/mol. The van der Waals surface area contributed by atoms with Crippen LogP contribution in [0.25, 0.3) is 0 Å². The fourth-order valence-corrected chi connectivity index (χ4v) is 3.26. The summed E-state index contributed by atoms with van der Waals surface area (Å²) in [5.41, 5.74) is 0.195. The van der Waals surface area contributed by atoms with Gasteiger partial charge in [0.1, 0.15) is 5.75 Å². The minimum absolute atomic E-state index is 0.0407. The number of piperidine rings is 1. The van der Waals surface area contributed by atoms with E-state index < -0.39 is 18.1 Å². The monoisotopic (exact) mass is 401 g/mol. The quantitative estimate of drug-likeness (QED) is 0.753. The molecule has 2 rings (SSSR count). The smallest absolute Gasteiger partial charge is 0.406 e. The number of likely N-dealkylation sites (tertiary alicyclic amines) is 1. The molecule has 28 heavy (non-hydrogen) atoms. The van der Waals surface area contributed by atoms with Gasteiger partial charge in [-0.3, -0.25) is 4.79 Å². The summed E-state index contributed by atoms with van der Waals surface area (Å²) in [6.07, 6.45) is -1.89. The molecule has 6 nitrogen and oxygen atoms in total. The van der Waals surface area contributed by atoms with Crippen LogP contribution in [0.1, 0.15) is 39.5 Å². The summed E-state index contributed by atoms with van der Waals surface area (Å²) in [4.78, 5) is 26.4. The maximum Gasteiger partial charge on any atom is 0.573 e. The molecule has 2 N–H and O–H groups in total. The second kappa shape index (κ2) is 9.66. The summed E-state index contributed by atoms with van der Waals surface area (Å²) in [5, 5.41) is 5.31. The van der Waals surface area contributed by atoms with Crippen molar-refractivity contribution < 1.29 is 27.5 Å². The maximum atomic E-state index is 12.4. The first-order valence-electron chi connectivity index (χ1n) is 9.44. The van der Waals surface area contributed by atoms with Gasteiger partial charge in [0.05, 0.1) is 0 Å². The highest BCUT2D eigenvalue weighted by Gasteiger charge is 2.31. The number of carbonyl (C=O) groups excluding carboxylic acids is 2. The first-order chi connectivity index (χ1) is 13.2. The number of nitrogens with zero attached hydrogens (tertiary/aromatic N) is 1. The lowest BCUT2D eigenvalue weighted by atomic mass is 9.98. The molecule has 0 radical (unpaired) electrons. The number of nitrogens with one attached hydrogen (secondary N) is 2. The molecule has 156 valence electrons. The lowest BCUT2D eigenvalue weighted by molar-refractivity contribution is -0.274. The normalized spacial score (nSPS) is 15.4. The van der Waals surface area contributed by atoms with E-state index >= 15 is 0 Å². The van der Waals surface area contributed by atoms with Crippen LogP contribution >= 0.6 is 0 Å². The zero-order valence-electron chi connectivity index (χ0n) is 16.0. The van der Waals surface area contributed by atoms with E-state index in [2.05, 4.69) is 15.4 Å². The summed E-state index contributed by atoms with van der Waals surface area (Å²) in [5.74, 6) is -0.202. The van der Waals surface area contributed by atoms with Gasteiger partial charge in [0.2, 0.25) is 5.91 Å². The largest absolute Gasteiger partial charge is 0.573 e. The average Bonchev–Trinajstić information content (AvgIpc) is 2.62. The van der Waals surface area contributed by atoms with Crippen molar-refractivity contribution in [3.05, 3.63) is 24.3 Å². The van der Waals surface area contributed by atoms with Crippen LogP contribution in [0.2, 0.25) is 0 Å². The number of alkyl halides is 3. The fourth-order valence-electron chi connectivity index (χ4n) is 3.26. The number of halogens is 3. The van der Waals surface area contributed by atoms with Crippen LogP contribution in [0.15, 0.2) is 24.3 Å². The van der Waals surface area contributed by atoms with Crippen molar-refractivity contribution in [3.8, 4) is 5.75 Å². The first kappa shape index (κ1) is 21.8. The fraction of sp³-hybridized carbons (Fsp3) is 0.579. The highest BCUT2D eigenvalue weighted by molar-refractivity contribution is 5.89. The highest BCUT2D eigenvalue weighted by atomic mass is 19.4. The van der Waals surface area contributed by atoms with Crippen LogP contribution in [0, 0.1) is 5.92 Å². The van der Waals surface area contributed by atoms with E-state index in [0.29, 0.717) is 25.9 Å². The molecule has 0 atom stereocenters. The van der Waals surface area contributed by atoms with Crippen molar-refractivity contribution in [1.29, 1.82) is 0 Å². The third-order valence-corrected chi connectivity index (χ3v) is 4.80. The Kier molecular flexibility index (Phi) is 7.53. The number of ether oxygens (including phenoxy) is 1. The van der Waals surface area contributed by atoms with E-state index in [1.807, 2.05) is 18.7 Å². The number of benzene rings is 1. The van der Waals surface area contributed by atoms with Crippen LogP contribution < -0.4 is 15.4 Å². The molecule has 1 fully saturated rings. The van der Waals surface area contributed by atoms with E-state index in [1.54, 1.807) is 0 Å². The van der Waals surface area contributed by atoms with Crippen LogP contribution in [0.3, 0.4) is 0 Å². The third kappa shape index (κ3) is 6.61. The van der Waals surface area contributed by atoms with Gasteiger partial charge in [0, 0.05) is 36.8 Å². The topological polar surface area (TPSA) is 70.7 Å². The number of anilines is 1. The van der Waals surface area contributed by atoms with Gasteiger partial charge in [0.25, 0.3) is 0 Å². The van der Waals surface area contributed by atoms with Crippen molar-refractivity contribution in [2.24, 2.45) is 5.92 Å². The molecule has 9 heteroatoms. The SMILES string of the molecule is CCC(CC)C(=O)N1CCC(NC(=O)Nc2cccc(OC(F)(F)F)c2)CC1. The highest BCUT2D eigenvalue weighted by Crippen LogP contribution is 2.25. The average molecular weight is 401 g/mol. The predicted octanol–water partition coefficient (Wildman–Crippen LogP) is 4.13. The molecule has 0 aliphatic carbocycles. The third-order valence-electron chi connectivity index (χ3n) is 4.80. The molecule has 0 saturated carbocycles. The van der Waals surface area contributed by atoms with Crippen LogP contribution in [-0.2, 0) is 4.79 Å². The molecule has 1 aromatic rings. The van der Waals surface area contributed by atoms with Gasteiger partial charge in [-0.05, 0) is 37.8 Å². The van der Waals surface area contributed by atoms with Crippen LogP contribution in [0.5, 0.6) is 5.75 Å². The lowest BCUT2D eigenvalue weighted by Gasteiger charge is -2.34. The Morgan fingerprint density at radius 3 is 2.43 bits per heavy atom. The lowest BCUT2D eigenvalue weighted by Crippen LogP contribution is -2.48. The van der Waals surface area contributed by atoms with Gasteiger partial charge >= 0.3 is 12.4 Å². The van der Waals surface area contributed by atoms with Gasteiger partial charge in [-0.25, -0.2) is 4.79 Å². The van der Waals surface area contributed by atoms with Crippen molar-refractivity contribution in [1.82, 2.24) is 10.2 Å². The Bertz CT molecular complexity index is 670. The second-order valence-electron chi connectivity index (χ2n) is 6.79. The summed E-state index contributed by atoms with van der Waals surface area (Å²) in [6.45, 7) is 5.16. The van der Waals surface area contributed by atoms with Crippen molar-refractivity contribution in [2.45, 2.75) is 51.9 Å². The molecule has 1 aromatic carbocycles. The number of carbonyl (C=O) groups is 2. The van der Waals surface area contributed by atoms with Gasteiger partial charge in [-0.1, -0.05) is 19.9 Å². The van der Waals surface area contributed by atoms with E-state index in [0.717, 1.165) is 25.0 Å². The van der Waals surface area contributed by atoms with Crippen LogP contribution in [-0.4, -0.2) is 42.3 Å². The number of hydrogen-bond donors (Lipinski definition) is 2. The zero-order chi connectivity index (χ0) is 20.7. The second-order valence-corrected chi connectivity index (χ2v) is 6.79. The number of urea groups is 1. The van der Waals surface area contributed by atoms with Gasteiger partial charge in [-0.15, -0.1) is 13.2 Å². The van der Waals surface area contributed by atoms with Gasteiger partial charge in [0.15, 0.2) is 0 Å². The van der Waals surface area contributed by atoms with Gasteiger partial charge in [-0.2, -0.15) is 0 Å². The molecule has 1 aliphatic heterocycles. The summed E-state index contributed by atoms with van der Waals surface area (Å²) in [7, 11) is 0. The minimum atomic E-state index is -4.79. The number of hydrogen-bond acceptors (Lipinski definition) is 3. The number of amides is 3. The Morgan fingerprint density at radius 1 is 1.21 bits per heavy atom. The van der Waals surface area contributed by atoms with Gasteiger partial charge < -0.3 is 20.3 Å². The van der Waals surface area contributed by atoms with E-state index in [1.165, 1.54) is 12.1 Å². The van der Waals surface area contributed by atoms with Crippen molar-refractivity contribution >= 4 is 17.6 Å². The molecule has 1 saturated heterocycles. The molecule has 1 aliphatic rings. The summed E-state index contributed by atoms with van der Waals surface area (Å²) >= 11 is 0.